The number of benzene rings is 2. The Morgan fingerprint density at radius 3 is 2.19 bits per heavy atom. The van der Waals surface area contributed by atoms with Gasteiger partial charge in [0, 0.05) is 17.7 Å². The highest BCUT2D eigenvalue weighted by Crippen LogP contribution is 2.31. The predicted molar refractivity (Wildman–Crippen MR) is 117 cm³/mol. The van der Waals surface area contributed by atoms with Crippen molar-refractivity contribution in [1.82, 2.24) is 5.32 Å². The Morgan fingerprint density at radius 2 is 1.71 bits per heavy atom. The molecule has 2 aromatic carbocycles. The number of carbonyl (C=O) groups is 1. The van der Waals surface area contributed by atoms with Gasteiger partial charge >= 0.3 is 0 Å². The molecule has 0 saturated heterocycles. The number of anilines is 1. The monoisotopic (exact) mass is 454 g/mol. The fourth-order valence-corrected chi connectivity index (χ4v) is 3.76. The molecule has 1 atom stereocenters. The number of halogens is 2. The van der Waals surface area contributed by atoms with Gasteiger partial charge in [-0.05, 0) is 36.5 Å². The summed E-state index contributed by atoms with van der Waals surface area (Å²) in [6, 6.07) is 6.82. The zero-order valence-corrected chi connectivity index (χ0v) is 19.3. The summed E-state index contributed by atoms with van der Waals surface area (Å²) in [7, 11) is -3.39. The molecule has 2 N–H and O–H groups in total. The van der Waals surface area contributed by atoms with Gasteiger partial charge in [-0.25, -0.2) is 17.2 Å². The molecule has 0 aromatic heterocycles. The van der Waals surface area contributed by atoms with Crippen molar-refractivity contribution in [3.8, 4) is 5.75 Å². The maximum absolute atomic E-state index is 14.3. The van der Waals surface area contributed by atoms with Gasteiger partial charge in [0.25, 0.3) is 5.91 Å². The van der Waals surface area contributed by atoms with Crippen LogP contribution in [-0.2, 0) is 20.2 Å². The van der Waals surface area contributed by atoms with Crippen LogP contribution in [0.5, 0.6) is 5.75 Å². The normalized spacial score (nSPS) is 12.9. The molecule has 0 radical (unpaired) electrons. The molecule has 31 heavy (non-hydrogen) atoms. The first-order chi connectivity index (χ1) is 14.2. The molecular formula is C22H28F2N2O4S. The van der Waals surface area contributed by atoms with E-state index in [9.17, 15) is 22.0 Å². The van der Waals surface area contributed by atoms with E-state index in [0.29, 0.717) is 11.3 Å². The van der Waals surface area contributed by atoms with E-state index < -0.39 is 39.6 Å². The van der Waals surface area contributed by atoms with E-state index in [1.165, 1.54) is 0 Å². The fraction of sp³-hybridized carbons (Fsp3) is 0.409. The van der Waals surface area contributed by atoms with Crippen LogP contribution in [0.15, 0.2) is 30.3 Å². The molecule has 0 aliphatic heterocycles. The molecule has 170 valence electrons. The molecular weight excluding hydrogens is 426 g/mol. The number of ether oxygens (including phenoxy) is 1. The fourth-order valence-electron chi connectivity index (χ4n) is 3.14. The predicted octanol–water partition coefficient (Wildman–Crippen LogP) is 4.20. The Morgan fingerprint density at radius 1 is 1.13 bits per heavy atom. The summed E-state index contributed by atoms with van der Waals surface area (Å²) in [5.74, 6) is -1.99. The molecule has 0 aliphatic carbocycles. The summed E-state index contributed by atoms with van der Waals surface area (Å²) >= 11 is 0. The average Bonchev–Trinajstić information content (AvgIpc) is 2.58. The van der Waals surface area contributed by atoms with Crippen LogP contribution in [-0.4, -0.2) is 27.2 Å². The number of carbonyl (C=O) groups excluding carboxylic acids is 1. The van der Waals surface area contributed by atoms with E-state index in [4.69, 9.17) is 4.74 Å². The summed E-state index contributed by atoms with van der Waals surface area (Å²) in [6.07, 6.45) is 1.07. The van der Waals surface area contributed by atoms with Gasteiger partial charge in [0.05, 0.1) is 18.0 Å². The number of aryl methyl sites for hydroxylation is 1. The molecule has 9 heteroatoms. The summed E-state index contributed by atoms with van der Waals surface area (Å²) in [5, 5.41) is 2.74. The van der Waals surface area contributed by atoms with Crippen molar-refractivity contribution in [3.63, 3.8) is 0 Å². The van der Waals surface area contributed by atoms with Crippen molar-refractivity contribution >= 4 is 21.6 Å². The van der Waals surface area contributed by atoms with Crippen LogP contribution in [0.3, 0.4) is 0 Å². The zero-order chi connectivity index (χ0) is 23.6. The Hall–Kier alpha value is -2.68. The molecule has 0 aliphatic rings. The summed E-state index contributed by atoms with van der Waals surface area (Å²) in [4.78, 5) is 12.2. The molecule has 0 saturated carbocycles. The first kappa shape index (κ1) is 24.6. The van der Waals surface area contributed by atoms with Crippen molar-refractivity contribution < 1.29 is 26.7 Å². The van der Waals surface area contributed by atoms with Crippen LogP contribution in [0.4, 0.5) is 14.5 Å². The van der Waals surface area contributed by atoms with Gasteiger partial charge in [-0.3, -0.25) is 9.52 Å². The summed E-state index contributed by atoms with van der Waals surface area (Å²) in [6.45, 7) is 8.21. The first-order valence-corrected chi connectivity index (χ1v) is 11.6. The second-order valence-electron chi connectivity index (χ2n) is 8.54. The number of hydrogen-bond donors (Lipinski definition) is 2. The van der Waals surface area contributed by atoms with Crippen molar-refractivity contribution in [1.29, 1.82) is 0 Å². The van der Waals surface area contributed by atoms with E-state index in [1.807, 2.05) is 0 Å². The second kappa shape index (κ2) is 9.21. The van der Waals surface area contributed by atoms with Crippen LogP contribution in [0, 0.1) is 18.6 Å². The van der Waals surface area contributed by atoms with Gasteiger partial charge in [0.15, 0.2) is 6.61 Å². The van der Waals surface area contributed by atoms with E-state index in [1.54, 1.807) is 52.8 Å². The van der Waals surface area contributed by atoms with Crippen molar-refractivity contribution in [3.05, 3.63) is 58.7 Å². The lowest BCUT2D eigenvalue weighted by Crippen LogP contribution is -2.31. The van der Waals surface area contributed by atoms with E-state index >= 15 is 0 Å². The smallest absolute Gasteiger partial charge is 0.258 e. The minimum absolute atomic E-state index is 0.0397. The zero-order valence-electron chi connectivity index (χ0n) is 18.5. The molecule has 0 bridgehead atoms. The quantitative estimate of drug-likeness (QED) is 0.657. The topological polar surface area (TPSA) is 84.5 Å². The lowest BCUT2D eigenvalue weighted by molar-refractivity contribution is -0.123. The third-order valence-electron chi connectivity index (χ3n) is 4.56. The molecule has 0 spiro atoms. The standard InChI is InChI=1S/C22H28F2N2O4S/c1-13-9-15(7-8-19(13)26-31(6,28)29)14(2)25-20(27)12-30-16-10-17(23)21(18(24)11-16)22(3,4)5/h7-11,14,26H,12H2,1-6H3,(H,25,27)/t14-/m1/s1. The van der Waals surface area contributed by atoms with Gasteiger partial charge in [-0.2, -0.15) is 0 Å². The maximum Gasteiger partial charge on any atom is 0.258 e. The van der Waals surface area contributed by atoms with Crippen LogP contribution >= 0.6 is 0 Å². The van der Waals surface area contributed by atoms with Crippen molar-refractivity contribution in [2.24, 2.45) is 0 Å². The molecule has 6 nitrogen and oxygen atoms in total. The summed E-state index contributed by atoms with van der Waals surface area (Å²) < 4.78 is 59.0. The Balaban J connectivity index is 2.01. The molecule has 1 amide bonds. The maximum atomic E-state index is 14.3. The van der Waals surface area contributed by atoms with E-state index in [0.717, 1.165) is 24.0 Å². The number of hydrogen-bond acceptors (Lipinski definition) is 4. The summed E-state index contributed by atoms with van der Waals surface area (Å²) in [5.41, 5.74) is 1.17. The molecule has 2 rings (SSSR count). The van der Waals surface area contributed by atoms with Crippen LogP contribution in [0.25, 0.3) is 0 Å². The number of nitrogens with one attached hydrogen (secondary N) is 2. The Labute approximate surface area is 182 Å². The minimum Gasteiger partial charge on any atom is -0.484 e. The molecule has 2 aromatic rings. The molecule has 0 heterocycles. The van der Waals surface area contributed by atoms with Gasteiger partial charge < -0.3 is 10.1 Å². The van der Waals surface area contributed by atoms with Crippen molar-refractivity contribution in [2.45, 2.75) is 46.1 Å². The van der Waals surface area contributed by atoms with Crippen LogP contribution in [0.1, 0.15) is 50.4 Å². The number of amides is 1. The number of rotatable bonds is 7. The van der Waals surface area contributed by atoms with Gasteiger partial charge in [0.1, 0.15) is 17.4 Å². The number of sulfonamides is 1. The third kappa shape index (κ3) is 6.92. The van der Waals surface area contributed by atoms with Gasteiger partial charge in [-0.1, -0.05) is 32.9 Å². The second-order valence-corrected chi connectivity index (χ2v) is 10.3. The van der Waals surface area contributed by atoms with Crippen molar-refractivity contribution in [2.75, 3.05) is 17.6 Å². The lowest BCUT2D eigenvalue weighted by Gasteiger charge is -2.21. The highest BCUT2D eigenvalue weighted by Gasteiger charge is 2.24. The minimum atomic E-state index is -3.39. The molecule has 0 fully saturated rings. The third-order valence-corrected chi connectivity index (χ3v) is 5.15. The lowest BCUT2D eigenvalue weighted by atomic mass is 9.86. The Bertz CT molecular complexity index is 1060. The van der Waals surface area contributed by atoms with Crippen LogP contribution < -0.4 is 14.8 Å². The molecule has 0 unspecified atom stereocenters. The van der Waals surface area contributed by atoms with E-state index in [-0.39, 0.29) is 17.4 Å². The highest BCUT2D eigenvalue weighted by atomic mass is 32.2. The Kier molecular flexibility index (Phi) is 7.31. The van der Waals surface area contributed by atoms with Crippen LogP contribution in [0.2, 0.25) is 0 Å². The highest BCUT2D eigenvalue weighted by molar-refractivity contribution is 7.92. The average molecular weight is 455 g/mol. The first-order valence-electron chi connectivity index (χ1n) is 9.67. The largest absolute Gasteiger partial charge is 0.484 e. The van der Waals surface area contributed by atoms with Gasteiger partial charge in [-0.15, -0.1) is 0 Å². The SMILES string of the molecule is Cc1cc([C@@H](C)NC(=O)COc2cc(F)c(C(C)(C)C)c(F)c2)ccc1NS(C)(=O)=O. The van der Waals surface area contributed by atoms with E-state index in [2.05, 4.69) is 10.0 Å². The van der Waals surface area contributed by atoms with Gasteiger partial charge in [0.2, 0.25) is 10.0 Å².